The molecule has 3 rings (SSSR count). The first-order valence-electron chi connectivity index (χ1n) is 7.89. The minimum absolute atomic E-state index is 0.207. The molecule has 2 aliphatic rings. The van der Waals surface area contributed by atoms with E-state index in [1.807, 2.05) is 12.1 Å². The Kier molecular flexibility index (Phi) is 4.36. The summed E-state index contributed by atoms with van der Waals surface area (Å²) in [5.41, 5.74) is 2.32. The second-order valence-corrected chi connectivity index (χ2v) is 6.07. The third kappa shape index (κ3) is 2.74. The van der Waals surface area contributed by atoms with Crippen molar-refractivity contribution >= 4 is 0 Å². The SMILES string of the molecule is COc1ccc(OC)c2c1CC(O)C(N1CCCCC1)C2. The smallest absolute Gasteiger partial charge is 0.122 e. The van der Waals surface area contributed by atoms with Gasteiger partial charge >= 0.3 is 0 Å². The summed E-state index contributed by atoms with van der Waals surface area (Å²) >= 11 is 0. The first kappa shape index (κ1) is 14.7. The molecule has 0 aromatic heterocycles. The van der Waals surface area contributed by atoms with Crippen molar-refractivity contribution in [1.29, 1.82) is 0 Å². The maximum atomic E-state index is 10.6. The molecule has 0 spiro atoms. The fraction of sp³-hybridized carbons (Fsp3) is 0.647. The third-order valence-corrected chi connectivity index (χ3v) is 4.92. The van der Waals surface area contributed by atoms with Crippen molar-refractivity contribution in [2.45, 2.75) is 44.2 Å². The Morgan fingerprint density at radius 3 is 2.10 bits per heavy atom. The molecule has 0 amide bonds. The van der Waals surface area contributed by atoms with Crippen LogP contribution in [-0.4, -0.2) is 49.5 Å². The van der Waals surface area contributed by atoms with Crippen LogP contribution in [0.2, 0.25) is 0 Å². The highest BCUT2D eigenvalue weighted by Crippen LogP contribution is 2.37. The van der Waals surface area contributed by atoms with Crippen LogP contribution >= 0.6 is 0 Å². The van der Waals surface area contributed by atoms with E-state index in [4.69, 9.17) is 9.47 Å². The Morgan fingerprint density at radius 2 is 1.52 bits per heavy atom. The minimum atomic E-state index is -0.323. The number of hydrogen-bond acceptors (Lipinski definition) is 4. The number of aliphatic hydroxyl groups is 1. The molecular weight excluding hydrogens is 266 g/mol. The summed E-state index contributed by atoms with van der Waals surface area (Å²) in [4.78, 5) is 2.45. The van der Waals surface area contributed by atoms with Crippen LogP contribution in [0.1, 0.15) is 30.4 Å². The van der Waals surface area contributed by atoms with Crippen LogP contribution < -0.4 is 9.47 Å². The summed E-state index contributed by atoms with van der Waals surface area (Å²) in [6.45, 7) is 2.20. The van der Waals surface area contributed by atoms with Crippen molar-refractivity contribution in [1.82, 2.24) is 4.90 Å². The van der Waals surface area contributed by atoms with Gasteiger partial charge in [0.15, 0.2) is 0 Å². The number of fused-ring (bicyclic) bond motifs is 1. The fourth-order valence-corrected chi connectivity index (χ4v) is 3.79. The predicted octanol–water partition coefficient (Wildman–Crippen LogP) is 2.02. The molecule has 4 nitrogen and oxygen atoms in total. The van der Waals surface area contributed by atoms with Crippen molar-refractivity contribution < 1.29 is 14.6 Å². The average Bonchev–Trinajstić information content (AvgIpc) is 2.54. The van der Waals surface area contributed by atoms with Crippen LogP contribution in [0, 0.1) is 0 Å². The molecule has 1 heterocycles. The molecule has 1 N–H and O–H groups in total. The van der Waals surface area contributed by atoms with E-state index in [0.717, 1.165) is 36.6 Å². The van der Waals surface area contributed by atoms with Crippen LogP contribution in [0.3, 0.4) is 0 Å². The molecule has 2 atom stereocenters. The van der Waals surface area contributed by atoms with Gasteiger partial charge in [-0.2, -0.15) is 0 Å². The number of likely N-dealkylation sites (tertiary alicyclic amines) is 1. The molecule has 1 aliphatic heterocycles. The summed E-state index contributed by atoms with van der Waals surface area (Å²) in [7, 11) is 3.40. The zero-order valence-electron chi connectivity index (χ0n) is 13.0. The number of nitrogens with zero attached hydrogens (tertiary/aromatic N) is 1. The van der Waals surface area contributed by atoms with E-state index in [2.05, 4.69) is 4.90 Å². The summed E-state index contributed by atoms with van der Waals surface area (Å²) in [5, 5.41) is 10.6. The highest BCUT2D eigenvalue weighted by Gasteiger charge is 2.35. The van der Waals surface area contributed by atoms with Crippen LogP contribution in [0.5, 0.6) is 11.5 Å². The van der Waals surface area contributed by atoms with E-state index in [0.29, 0.717) is 6.42 Å². The molecule has 1 aliphatic carbocycles. The number of piperidine rings is 1. The number of rotatable bonds is 3. The van der Waals surface area contributed by atoms with Crippen molar-refractivity contribution in [3.05, 3.63) is 23.3 Å². The van der Waals surface area contributed by atoms with E-state index in [-0.39, 0.29) is 12.1 Å². The first-order valence-corrected chi connectivity index (χ1v) is 7.89. The summed E-state index contributed by atoms with van der Waals surface area (Å²) < 4.78 is 11.0. The Bertz CT molecular complexity index is 497. The van der Waals surface area contributed by atoms with Crippen LogP contribution in [0.25, 0.3) is 0 Å². The maximum Gasteiger partial charge on any atom is 0.122 e. The number of hydrogen-bond donors (Lipinski definition) is 1. The third-order valence-electron chi connectivity index (χ3n) is 4.92. The molecule has 0 saturated carbocycles. The molecule has 1 aromatic carbocycles. The maximum absolute atomic E-state index is 10.6. The topological polar surface area (TPSA) is 41.9 Å². The minimum Gasteiger partial charge on any atom is -0.496 e. The lowest BCUT2D eigenvalue weighted by atomic mass is 9.83. The number of methoxy groups -OCH3 is 2. The highest BCUT2D eigenvalue weighted by atomic mass is 16.5. The molecule has 0 bridgehead atoms. The van der Waals surface area contributed by atoms with E-state index >= 15 is 0 Å². The molecule has 2 unspecified atom stereocenters. The average molecular weight is 291 g/mol. The predicted molar refractivity (Wildman–Crippen MR) is 82.2 cm³/mol. The Labute approximate surface area is 126 Å². The summed E-state index contributed by atoms with van der Waals surface area (Å²) in [6, 6.07) is 4.12. The Balaban J connectivity index is 1.91. The highest BCUT2D eigenvalue weighted by molar-refractivity contribution is 5.51. The molecule has 4 heteroatoms. The Morgan fingerprint density at radius 1 is 0.952 bits per heavy atom. The van der Waals surface area contributed by atoms with Gasteiger partial charge in [0.2, 0.25) is 0 Å². The summed E-state index contributed by atoms with van der Waals surface area (Å²) in [5.74, 6) is 1.78. The summed E-state index contributed by atoms with van der Waals surface area (Å²) in [6.07, 6.45) is 4.97. The molecule has 1 fully saturated rings. The van der Waals surface area contributed by atoms with Crippen molar-refractivity contribution in [3.8, 4) is 11.5 Å². The van der Waals surface area contributed by atoms with Gasteiger partial charge in [0, 0.05) is 23.6 Å². The standard InChI is InChI=1S/C17H25NO3/c1-20-16-6-7-17(21-2)13-11-15(19)14(10-12(13)16)18-8-4-3-5-9-18/h6-7,14-15,19H,3-5,8-11H2,1-2H3. The number of benzene rings is 1. The zero-order chi connectivity index (χ0) is 14.8. The second-order valence-electron chi connectivity index (χ2n) is 6.07. The first-order chi connectivity index (χ1) is 10.2. The zero-order valence-corrected chi connectivity index (χ0v) is 13.0. The Hall–Kier alpha value is -1.26. The van der Waals surface area contributed by atoms with Crippen molar-refractivity contribution in [2.24, 2.45) is 0 Å². The number of ether oxygens (including phenoxy) is 2. The fourth-order valence-electron chi connectivity index (χ4n) is 3.79. The van der Waals surface area contributed by atoms with Gasteiger partial charge in [-0.3, -0.25) is 4.90 Å². The lowest BCUT2D eigenvalue weighted by Gasteiger charge is -2.40. The van der Waals surface area contributed by atoms with Gasteiger partial charge in [0.25, 0.3) is 0 Å². The quantitative estimate of drug-likeness (QED) is 0.925. The van der Waals surface area contributed by atoms with Gasteiger partial charge in [-0.05, 0) is 44.5 Å². The monoisotopic (exact) mass is 291 g/mol. The normalized spacial score (nSPS) is 26.2. The van der Waals surface area contributed by atoms with E-state index < -0.39 is 0 Å². The second kappa shape index (κ2) is 6.24. The molecule has 1 saturated heterocycles. The largest absolute Gasteiger partial charge is 0.496 e. The molecule has 1 aromatic rings. The van der Waals surface area contributed by atoms with Crippen LogP contribution in [0.4, 0.5) is 0 Å². The molecule has 21 heavy (non-hydrogen) atoms. The van der Waals surface area contributed by atoms with E-state index in [9.17, 15) is 5.11 Å². The van der Waals surface area contributed by atoms with Gasteiger partial charge in [-0.15, -0.1) is 0 Å². The van der Waals surface area contributed by atoms with Crippen molar-refractivity contribution in [3.63, 3.8) is 0 Å². The van der Waals surface area contributed by atoms with E-state index in [1.54, 1.807) is 14.2 Å². The van der Waals surface area contributed by atoms with Gasteiger partial charge in [0.05, 0.1) is 20.3 Å². The molecular formula is C17H25NO3. The lowest BCUT2D eigenvalue weighted by Crippen LogP contribution is -2.50. The van der Waals surface area contributed by atoms with Crippen molar-refractivity contribution in [2.75, 3.05) is 27.3 Å². The van der Waals surface area contributed by atoms with Gasteiger partial charge in [-0.1, -0.05) is 6.42 Å². The molecule has 116 valence electrons. The van der Waals surface area contributed by atoms with Gasteiger partial charge < -0.3 is 14.6 Å². The molecule has 0 radical (unpaired) electrons. The number of aliphatic hydroxyl groups excluding tert-OH is 1. The van der Waals surface area contributed by atoms with Crippen LogP contribution in [0.15, 0.2) is 12.1 Å². The van der Waals surface area contributed by atoms with Gasteiger partial charge in [0.1, 0.15) is 11.5 Å². The van der Waals surface area contributed by atoms with E-state index in [1.165, 1.54) is 24.8 Å². The lowest BCUT2D eigenvalue weighted by molar-refractivity contribution is 0.0316. The van der Waals surface area contributed by atoms with Crippen LogP contribution in [-0.2, 0) is 12.8 Å². The van der Waals surface area contributed by atoms with Gasteiger partial charge in [-0.25, -0.2) is 0 Å².